The van der Waals surface area contributed by atoms with Crippen LogP contribution in [0.15, 0.2) is 42.5 Å². The number of amides is 2. The molecule has 0 bridgehead atoms. The second-order valence-corrected chi connectivity index (χ2v) is 8.91. The first-order chi connectivity index (χ1) is 15.3. The minimum atomic E-state index is -0.425. The van der Waals surface area contributed by atoms with Gasteiger partial charge in [0.15, 0.2) is 0 Å². The SMILES string of the molecule is CC[C@H](C)N(Cc1cc(NC(=O)C2CCCC2)ccc1N(C)C)C(=O)c1cccc(F)c1. The molecule has 0 aromatic heterocycles. The fraction of sp³-hybridized carbons (Fsp3) is 0.462. The molecule has 6 heteroatoms. The van der Waals surface area contributed by atoms with Crippen LogP contribution < -0.4 is 10.2 Å². The van der Waals surface area contributed by atoms with Gasteiger partial charge in [-0.2, -0.15) is 0 Å². The van der Waals surface area contributed by atoms with Crippen molar-refractivity contribution in [2.45, 2.75) is 58.5 Å². The van der Waals surface area contributed by atoms with Gasteiger partial charge in [-0.1, -0.05) is 25.8 Å². The summed E-state index contributed by atoms with van der Waals surface area (Å²) in [6.07, 6.45) is 4.87. The number of nitrogens with one attached hydrogen (secondary N) is 1. The molecule has 5 nitrogen and oxygen atoms in total. The van der Waals surface area contributed by atoms with Crippen LogP contribution in [0.2, 0.25) is 0 Å². The van der Waals surface area contributed by atoms with Crippen LogP contribution in [0.4, 0.5) is 15.8 Å². The minimum absolute atomic E-state index is 0.0301. The number of anilines is 2. The zero-order chi connectivity index (χ0) is 23.3. The van der Waals surface area contributed by atoms with E-state index in [0.29, 0.717) is 12.1 Å². The number of carbonyl (C=O) groups is 2. The van der Waals surface area contributed by atoms with E-state index in [0.717, 1.165) is 49.0 Å². The Bertz CT molecular complexity index is 954. The van der Waals surface area contributed by atoms with Crippen molar-refractivity contribution >= 4 is 23.2 Å². The summed E-state index contributed by atoms with van der Waals surface area (Å²) in [5.41, 5.74) is 2.99. The summed E-state index contributed by atoms with van der Waals surface area (Å²) in [6, 6.07) is 11.6. The van der Waals surface area contributed by atoms with Crippen molar-refractivity contribution < 1.29 is 14.0 Å². The van der Waals surface area contributed by atoms with Crippen molar-refractivity contribution in [3.63, 3.8) is 0 Å². The van der Waals surface area contributed by atoms with Gasteiger partial charge in [-0.15, -0.1) is 0 Å². The Morgan fingerprint density at radius 2 is 1.84 bits per heavy atom. The molecule has 1 atom stereocenters. The van der Waals surface area contributed by atoms with Crippen LogP contribution in [-0.4, -0.2) is 36.9 Å². The molecule has 0 heterocycles. The van der Waals surface area contributed by atoms with E-state index in [1.165, 1.54) is 12.1 Å². The summed E-state index contributed by atoms with van der Waals surface area (Å²) in [5, 5.41) is 3.06. The van der Waals surface area contributed by atoms with Crippen molar-refractivity contribution in [3.8, 4) is 0 Å². The molecule has 1 fully saturated rings. The van der Waals surface area contributed by atoms with Gasteiger partial charge in [0, 0.05) is 49.5 Å². The second-order valence-electron chi connectivity index (χ2n) is 8.91. The van der Waals surface area contributed by atoms with E-state index >= 15 is 0 Å². The highest BCUT2D eigenvalue weighted by Crippen LogP contribution is 2.29. The lowest BCUT2D eigenvalue weighted by atomic mass is 10.1. The molecule has 1 saturated carbocycles. The summed E-state index contributed by atoms with van der Waals surface area (Å²) in [5.74, 6) is -0.478. The zero-order valence-electron chi connectivity index (χ0n) is 19.5. The molecule has 0 saturated heterocycles. The van der Waals surface area contributed by atoms with Crippen LogP contribution in [0.3, 0.4) is 0 Å². The number of hydrogen-bond acceptors (Lipinski definition) is 3. The maximum Gasteiger partial charge on any atom is 0.254 e. The smallest absolute Gasteiger partial charge is 0.254 e. The van der Waals surface area contributed by atoms with Crippen LogP contribution in [-0.2, 0) is 11.3 Å². The van der Waals surface area contributed by atoms with Crippen LogP contribution in [0, 0.1) is 11.7 Å². The van der Waals surface area contributed by atoms with Gasteiger partial charge < -0.3 is 15.1 Å². The summed E-state index contributed by atoms with van der Waals surface area (Å²) in [6.45, 7) is 4.39. The Kier molecular flexibility index (Phi) is 7.89. The Morgan fingerprint density at radius 3 is 2.47 bits per heavy atom. The van der Waals surface area contributed by atoms with Gasteiger partial charge in [0.1, 0.15) is 5.82 Å². The Balaban J connectivity index is 1.89. The third-order valence-corrected chi connectivity index (χ3v) is 6.35. The molecule has 3 rings (SSSR count). The van der Waals surface area contributed by atoms with E-state index in [4.69, 9.17) is 0 Å². The zero-order valence-corrected chi connectivity index (χ0v) is 19.5. The van der Waals surface area contributed by atoms with Crippen molar-refractivity contribution in [1.29, 1.82) is 0 Å². The van der Waals surface area contributed by atoms with Crippen molar-refractivity contribution in [3.05, 3.63) is 59.4 Å². The number of carbonyl (C=O) groups excluding carboxylic acids is 2. The van der Waals surface area contributed by atoms with Gasteiger partial charge in [-0.25, -0.2) is 4.39 Å². The quantitative estimate of drug-likeness (QED) is 0.594. The molecule has 1 aliphatic carbocycles. The summed E-state index contributed by atoms with van der Waals surface area (Å²) >= 11 is 0. The normalized spacial score (nSPS) is 14.8. The number of hydrogen-bond donors (Lipinski definition) is 1. The average Bonchev–Trinajstić information content (AvgIpc) is 3.31. The number of rotatable bonds is 8. The molecule has 1 aliphatic rings. The number of benzene rings is 2. The minimum Gasteiger partial charge on any atom is -0.377 e. The molecule has 0 radical (unpaired) electrons. The molecule has 0 aliphatic heterocycles. The summed E-state index contributed by atoms with van der Waals surface area (Å²) in [4.78, 5) is 29.7. The lowest BCUT2D eigenvalue weighted by Gasteiger charge is -2.31. The molecule has 2 aromatic carbocycles. The van der Waals surface area contributed by atoms with Crippen molar-refractivity contribution in [2.75, 3.05) is 24.3 Å². The molecular formula is C26H34FN3O2. The van der Waals surface area contributed by atoms with Crippen LogP contribution in [0.25, 0.3) is 0 Å². The predicted octanol–water partition coefficient (Wildman–Crippen LogP) is 5.46. The molecule has 172 valence electrons. The van der Waals surface area contributed by atoms with Gasteiger partial charge in [0.25, 0.3) is 5.91 Å². The maximum atomic E-state index is 13.8. The third-order valence-electron chi connectivity index (χ3n) is 6.35. The van der Waals surface area contributed by atoms with E-state index in [-0.39, 0.29) is 23.8 Å². The van der Waals surface area contributed by atoms with Crippen LogP contribution in [0.5, 0.6) is 0 Å². The van der Waals surface area contributed by atoms with Gasteiger partial charge >= 0.3 is 0 Å². The van der Waals surface area contributed by atoms with E-state index in [9.17, 15) is 14.0 Å². The van der Waals surface area contributed by atoms with Crippen molar-refractivity contribution in [1.82, 2.24) is 4.90 Å². The average molecular weight is 440 g/mol. The number of halogens is 1. The topological polar surface area (TPSA) is 52.7 Å². The van der Waals surface area contributed by atoms with Crippen LogP contribution in [0.1, 0.15) is 61.9 Å². The summed E-state index contributed by atoms with van der Waals surface area (Å²) < 4.78 is 13.8. The molecule has 1 N–H and O–H groups in total. The Hall–Kier alpha value is -2.89. The molecule has 32 heavy (non-hydrogen) atoms. The highest BCUT2D eigenvalue weighted by molar-refractivity contribution is 5.95. The first-order valence-electron chi connectivity index (χ1n) is 11.5. The third kappa shape index (κ3) is 5.67. The Morgan fingerprint density at radius 1 is 1.12 bits per heavy atom. The van der Waals surface area contributed by atoms with Gasteiger partial charge in [-0.3, -0.25) is 9.59 Å². The van der Waals surface area contributed by atoms with Crippen LogP contribution >= 0.6 is 0 Å². The second kappa shape index (κ2) is 10.6. The van der Waals surface area contributed by atoms with E-state index in [2.05, 4.69) is 5.32 Å². The monoisotopic (exact) mass is 439 g/mol. The fourth-order valence-corrected chi connectivity index (χ4v) is 4.28. The van der Waals surface area contributed by atoms with Gasteiger partial charge in [0.2, 0.25) is 5.91 Å². The molecule has 2 aromatic rings. The predicted molar refractivity (Wildman–Crippen MR) is 127 cm³/mol. The lowest BCUT2D eigenvalue weighted by Crippen LogP contribution is -2.38. The standard InChI is InChI=1S/C26H34FN3O2/c1-5-18(2)30(26(32)20-11-8-12-22(27)15-20)17-21-16-23(13-14-24(21)29(3)4)28-25(31)19-9-6-7-10-19/h8,11-16,18-19H,5-7,9-10,17H2,1-4H3,(H,28,31)/t18-/m0/s1. The molecular weight excluding hydrogens is 405 g/mol. The molecule has 2 amide bonds. The molecule has 0 spiro atoms. The van der Waals surface area contributed by atoms with E-state index < -0.39 is 5.82 Å². The number of nitrogens with zero attached hydrogens (tertiary/aromatic N) is 2. The Labute approximate surface area is 190 Å². The lowest BCUT2D eigenvalue weighted by molar-refractivity contribution is -0.119. The van der Waals surface area contributed by atoms with Gasteiger partial charge in [-0.05, 0) is 68.1 Å². The fourth-order valence-electron chi connectivity index (χ4n) is 4.28. The maximum absolute atomic E-state index is 13.8. The molecule has 0 unspecified atom stereocenters. The van der Waals surface area contributed by atoms with E-state index in [1.54, 1.807) is 17.0 Å². The van der Waals surface area contributed by atoms with Crippen molar-refractivity contribution in [2.24, 2.45) is 5.92 Å². The van der Waals surface area contributed by atoms with E-state index in [1.807, 2.05) is 51.0 Å². The first-order valence-corrected chi connectivity index (χ1v) is 11.5. The largest absolute Gasteiger partial charge is 0.377 e. The first kappa shape index (κ1) is 23.8. The highest BCUT2D eigenvalue weighted by Gasteiger charge is 2.25. The highest BCUT2D eigenvalue weighted by atomic mass is 19.1. The van der Waals surface area contributed by atoms with Gasteiger partial charge in [0.05, 0.1) is 0 Å². The summed E-state index contributed by atoms with van der Waals surface area (Å²) in [7, 11) is 3.91.